The van der Waals surface area contributed by atoms with Crippen molar-refractivity contribution in [2.24, 2.45) is 0 Å². The minimum absolute atomic E-state index is 0.0318. The number of ether oxygens (including phenoxy) is 3. The molecule has 0 aliphatic carbocycles. The largest absolute Gasteiger partial charge is 0.490 e. The van der Waals surface area contributed by atoms with Crippen LogP contribution in [0.3, 0.4) is 0 Å². The summed E-state index contributed by atoms with van der Waals surface area (Å²) in [6, 6.07) is 11.0. The highest BCUT2D eigenvalue weighted by atomic mass is 35.5. The highest BCUT2D eigenvalue weighted by Crippen LogP contribution is 2.22. The predicted molar refractivity (Wildman–Crippen MR) is 113 cm³/mol. The topological polar surface area (TPSA) is 82.1 Å². The smallest absolute Gasteiger partial charge is 0.310 e. The molecule has 0 N–H and O–H groups in total. The third-order valence-electron chi connectivity index (χ3n) is 4.40. The van der Waals surface area contributed by atoms with Crippen molar-refractivity contribution in [2.75, 3.05) is 39.5 Å². The summed E-state index contributed by atoms with van der Waals surface area (Å²) >= 11 is 11.9. The van der Waals surface area contributed by atoms with Gasteiger partial charge in [0, 0.05) is 23.1 Å². The molecule has 0 radical (unpaired) electrons. The van der Waals surface area contributed by atoms with E-state index in [0.717, 1.165) is 0 Å². The van der Waals surface area contributed by atoms with Crippen LogP contribution in [0.15, 0.2) is 47.4 Å². The number of hydrogen-bond donors (Lipinski definition) is 0. The number of esters is 1. The Morgan fingerprint density at radius 2 is 1.73 bits per heavy atom. The van der Waals surface area contributed by atoms with Crippen LogP contribution in [0.25, 0.3) is 0 Å². The van der Waals surface area contributed by atoms with Gasteiger partial charge in [0.1, 0.15) is 19.0 Å². The molecular weight excluding hydrogens is 453 g/mol. The average Bonchev–Trinajstić information content (AvgIpc) is 2.74. The molecule has 3 rings (SSSR count). The fourth-order valence-corrected chi connectivity index (χ4v) is 4.71. The SMILES string of the molecule is O=C(Cc1ccc(Cl)cc1Cl)OCCOc1ccc(S(=O)(=O)N2CCOCC2)cc1. The van der Waals surface area contributed by atoms with E-state index in [-0.39, 0.29) is 24.5 Å². The van der Waals surface area contributed by atoms with Gasteiger partial charge < -0.3 is 14.2 Å². The summed E-state index contributed by atoms with van der Waals surface area (Å²) in [5.41, 5.74) is 0.629. The van der Waals surface area contributed by atoms with E-state index >= 15 is 0 Å². The molecule has 162 valence electrons. The van der Waals surface area contributed by atoms with Gasteiger partial charge in [-0.2, -0.15) is 4.31 Å². The summed E-state index contributed by atoms with van der Waals surface area (Å²) in [6.45, 7) is 1.65. The maximum absolute atomic E-state index is 12.6. The van der Waals surface area contributed by atoms with Crippen molar-refractivity contribution in [2.45, 2.75) is 11.3 Å². The number of hydrogen-bond acceptors (Lipinski definition) is 6. The monoisotopic (exact) mass is 473 g/mol. The van der Waals surface area contributed by atoms with Crippen molar-refractivity contribution in [1.29, 1.82) is 0 Å². The van der Waals surface area contributed by atoms with E-state index in [4.69, 9.17) is 37.4 Å². The van der Waals surface area contributed by atoms with Crippen molar-refractivity contribution in [1.82, 2.24) is 4.31 Å². The van der Waals surface area contributed by atoms with Crippen LogP contribution in [0.1, 0.15) is 5.56 Å². The minimum atomic E-state index is -3.54. The van der Waals surface area contributed by atoms with Gasteiger partial charge in [-0.25, -0.2) is 8.42 Å². The fraction of sp³-hybridized carbons (Fsp3) is 0.350. The zero-order valence-electron chi connectivity index (χ0n) is 16.1. The number of rotatable bonds is 8. The summed E-state index contributed by atoms with van der Waals surface area (Å²) in [7, 11) is -3.54. The lowest BCUT2D eigenvalue weighted by molar-refractivity contribution is -0.143. The Labute approximate surface area is 185 Å². The van der Waals surface area contributed by atoms with Crippen LogP contribution in [0.5, 0.6) is 5.75 Å². The molecule has 2 aromatic carbocycles. The lowest BCUT2D eigenvalue weighted by Crippen LogP contribution is -2.40. The number of carbonyl (C=O) groups excluding carboxylic acids is 1. The third-order valence-corrected chi connectivity index (χ3v) is 6.90. The average molecular weight is 474 g/mol. The number of nitrogens with zero attached hydrogens (tertiary/aromatic N) is 1. The van der Waals surface area contributed by atoms with Crippen molar-refractivity contribution in [3.63, 3.8) is 0 Å². The molecule has 0 unspecified atom stereocenters. The molecule has 1 aliphatic heterocycles. The molecular formula is C20H21Cl2NO6S. The van der Waals surface area contributed by atoms with E-state index in [1.54, 1.807) is 30.3 Å². The Morgan fingerprint density at radius 1 is 1.03 bits per heavy atom. The second-order valence-corrected chi connectivity index (χ2v) is 9.25. The molecule has 30 heavy (non-hydrogen) atoms. The van der Waals surface area contributed by atoms with E-state index in [1.807, 2.05) is 0 Å². The molecule has 2 aromatic rings. The zero-order chi connectivity index (χ0) is 21.6. The van der Waals surface area contributed by atoms with Gasteiger partial charge in [-0.05, 0) is 42.0 Å². The number of benzene rings is 2. The number of halogens is 2. The first-order valence-electron chi connectivity index (χ1n) is 9.26. The first kappa shape index (κ1) is 22.8. The van der Waals surface area contributed by atoms with Gasteiger partial charge in [0.25, 0.3) is 0 Å². The van der Waals surface area contributed by atoms with Crippen LogP contribution < -0.4 is 4.74 Å². The molecule has 0 saturated carbocycles. The van der Waals surface area contributed by atoms with E-state index in [1.165, 1.54) is 16.4 Å². The molecule has 1 fully saturated rings. The van der Waals surface area contributed by atoms with Crippen molar-refractivity contribution in [3.05, 3.63) is 58.1 Å². The standard InChI is InChI=1S/C20H21Cl2NO6S/c21-16-2-1-15(19(22)14-16)13-20(24)29-12-11-28-17-3-5-18(6-4-17)30(25,26)23-7-9-27-10-8-23/h1-6,14H,7-13H2. The van der Waals surface area contributed by atoms with Crippen molar-refractivity contribution < 1.29 is 27.4 Å². The van der Waals surface area contributed by atoms with Crippen molar-refractivity contribution in [3.8, 4) is 5.75 Å². The summed E-state index contributed by atoms with van der Waals surface area (Å²) in [5, 5.41) is 0.900. The van der Waals surface area contributed by atoms with Crippen LogP contribution in [0, 0.1) is 0 Å². The normalized spacial score (nSPS) is 15.0. The molecule has 10 heteroatoms. The highest BCUT2D eigenvalue weighted by Gasteiger charge is 2.26. The quantitative estimate of drug-likeness (QED) is 0.432. The summed E-state index contributed by atoms with van der Waals surface area (Å²) < 4.78 is 42.4. The van der Waals surface area contributed by atoms with Crippen LogP contribution in [-0.4, -0.2) is 58.2 Å². The van der Waals surface area contributed by atoms with E-state index in [0.29, 0.717) is 47.7 Å². The lowest BCUT2D eigenvalue weighted by Gasteiger charge is -2.26. The highest BCUT2D eigenvalue weighted by molar-refractivity contribution is 7.89. The maximum atomic E-state index is 12.6. The Hall–Kier alpha value is -1.84. The molecule has 0 atom stereocenters. The third kappa shape index (κ3) is 6.09. The molecule has 0 bridgehead atoms. The Balaban J connectivity index is 1.44. The first-order valence-corrected chi connectivity index (χ1v) is 11.5. The van der Waals surface area contributed by atoms with Crippen LogP contribution in [0.4, 0.5) is 0 Å². The second-order valence-electron chi connectivity index (χ2n) is 6.47. The Kier molecular flexibility index (Phi) is 7.96. The first-order chi connectivity index (χ1) is 14.4. The van der Waals surface area contributed by atoms with E-state index in [2.05, 4.69) is 0 Å². The molecule has 0 aromatic heterocycles. The molecule has 1 aliphatic rings. The van der Waals surface area contributed by atoms with Crippen LogP contribution in [-0.2, 0) is 30.7 Å². The number of morpholine rings is 1. The fourth-order valence-electron chi connectivity index (χ4n) is 2.83. The molecule has 7 nitrogen and oxygen atoms in total. The minimum Gasteiger partial charge on any atom is -0.490 e. The molecule has 0 spiro atoms. The molecule has 1 saturated heterocycles. The van der Waals surface area contributed by atoms with Gasteiger partial charge >= 0.3 is 5.97 Å². The second kappa shape index (κ2) is 10.5. The van der Waals surface area contributed by atoms with E-state index in [9.17, 15) is 13.2 Å². The number of sulfonamides is 1. The van der Waals surface area contributed by atoms with E-state index < -0.39 is 16.0 Å². The summed E-state index contributed by atoms with van der Waals surface area (Å²) in [6.07, 6.45) is 0.0318. The zero-order valence-corrected chi connectivity index (χ0v) is 18.4. The summed E-state index contributed by atoms with van der Waals surface area (Å²) in [4.78, 5) is 12.1. The van der Waals surface area contributed by atoms with Gasteiger partial charge in [0.15, 0.2) is 0 Å². The number of carbonyl (C=O) groups is 1. The lowest BCUT2D eigenvalue weighted by atomic mass is 10.1. The summed E-state index contributed by atoms with van der Waals surface area (Å²) in [5.74, 6) is 0.0440. The van der Waals surface area contributed by atoms with Crippen molar-refractivity contribution >= 4 is 39.2 Å². The van der Waals surface area contributed by atoms with Crippen LogP contribution in [0.2, 0.25) is 10.0 Å². The Bertz CT molecular complexity index is 975. The van der Waals surface area contributed by atoms with Gasteiger partial charge in [0.05, 0.1) is 24.5 Å². The predicted octanol–water partition coefficient (Wildman–Crippen LogP) is 3.18. The maximum Gasteiger partial charge on any atom is 0.310 e. The van der Waals surface area contributed by atoms with Gasteiger partial charge in [-0.1, -0.05) is 29.3 Å². The van der Waals surface area contributed by atoms with Crippen LogP contribution >= 0.6 is 23.2 Å². The molecule has 1 heterocycles. The van der Waals surface area contributed by atoms with Gasteiger partial charge in [-0.15, -0.1) is 0 Å². The molecule has 0 amide bonds. The van der Waals surface area contributed by atoms with Gasteiger partial charge in [-0.3, -0.25) is 4.79 Å². The van der Waals surface area contributed by atoms with Gasteiger partial charge in [0.2, 0.25) is 10.0 Å². The Morgan fingerprint density at radius 3 is 2.40 bits per heavy atom.